The Kier molecular flexibility index (Phi) is 3.52. The number of carboxylic acid groups (broad SMARTS) is 1. The summed E-state index contributed by atoms with van der Waals surface area (Å²) in [7, 11) is 0. The average molecular weight is 281 g/mol. The van der Waals surface area contributed by atoms with E-state index in [4.69, 9.17) is 10.8 Å². The predicted octanol–water partition coefficient (Wildman–Crippen LogP) is 1.34. The van der Waals surface area contributed by atoms with Crippen LogP contribution in [0, 0.1) is 5.82 Å². The maximum atomic E-state index is 13.5. The number of halogens is 1. The highest BCUT2D eigenvalue weighted by Crippen LogP contribution is 2.29. The number of nitrogens with one attached hydrogen (secondary N) is 1. The van der Waals surface area contributed by atoms with Crippen LogP contribution in [-0.4, -0.2) is 21.0 Å². The van der Waals surface area contributed by atoms with Crippen molar-refractivity contribution in [1.29, 1.82) is 0 Å². The molecule has 0 aliphatic carbocycles. The van der Waals surface area contributed by atoms with Crippen molar-refractivity contribution < 1.29 is 14.3 Å². The SMILES string of the molecule is Nc1cc(=O)[nH]c(Sc2cccc(F)c2C(=O)O)n1. The van der Waals surface area contributed by atoms with Crippen LogP contribution in [0.15, 0.2) is 39.1 Å². The highest BCUT2D eigenvalue weighted by Gasteiger charge is 2.17. The van der Waals surface area contributed by atoms with Gasteiger partial charge in [0.05, 0.1) is 0 Å². The van der Waals surface area contributed by atoms with Crippen molar-refractivity contribution in [2.45, 2.75) is 10.1 Å². The number of carboxylic acids is 1. The second-order valence-electron chi connectivity index (χ2n) is 3.50. The van der Waals surface area contributed by atoms with E-state index >= 15 is 0 Å². The number of nitrogens with two attached hydrogens (primary N) is 1. The summed E-state index contributed by atoms with van der Waals surface area (Å²) in [6, 6.07) is 4.92. The van der Waals surface area contributed by atoms with E-state index in [1.54, 1.807) is 0 Å². The number of aromatic amines is 1. The van der Waals surface area contributed by atoms with Crippen molar-refractivity contribution >= 4 is 23.5 Å². The summed E-state index contributed by atoms with van der Waals surface area (Å²) in [5.41, 5.74) is 4.46. The zero-order valence-electron chi connectivity index (χ0n) is 9.38. The fraction of sp³-hybridized carbons (Fsp3) is 0. The molecule has 0 aliphatic rings. The van der Waals surface area contributed by atoms with Gasteiger partial charge in [-0.3, -0.25) is 4.79 Å². The molecule has 0 atom stereocenters. The molecule has 1 aromatic heterocycles. The van der Waals surface area contributed by atoms with E-state index < -0.39 is 22.9 Å². The number of carbonyl (C=O) groups is 1. The van der Waals surface area contributed by atoms with E-state index in [1.165, 1.54) is 12.1 Å². The maximum absolute atomic E-state index is 13.5. The Morgan fingerprint density at radius 3 is 2.84 bits per heavy atom. The van der Waals surface area contributed by atoms with Crippen LogP contribution in [-0.2, 0) is 0 Å². The first-order valence-corrected chi connectivity index (χ1v) is 5.85. The third-order valence-corrected chi connectivity index (χ3v) is 3.08. The van der Waals surface area contributed by atoms with E-state index in [-0.39, 0.29) is 15.9 Å². The summed E-state index contributed by atoms with van der Waals surface area (Å²) in [6.07, 6.45) is 0. The van der Waals surface area contributed by atoms with E-state index in [2.05, 4.69) is 9.97 Å². The second-order valence-corrected chi connectivity index (χ2v) is 4.53. The highest BCUT2D eigenvalue weighted by atomic mass is 32.2. The summed E-state index contributed by atoms with van der Waals surface area (Å²) in [4.78, 5) is 28.5. The second kappa shape index (κ2) is 5.11. The summed E-state index contributed by atoms with van der Waals surface area (Å²) < 4.78 is 13.5. The number of anilines is 1. The molecule has 1 aromatic carbocycles. The van der Waals surface area contributed by atoms with Crippen LogP contribution in [0.1, 0.15) is 10.4 Å². The largest absolute Gasteiger partial charge is 0.478 e. The third-order valence-electron chi connectivity index (χ3n) is 2.14. The Bertz CT molecular complexity index is 702. The molecular weight excluding hydrogens is 273 g/mol. The smallest absolute Gasteiger partial charge is 0.339 e. The van der Waals surface area contributed by atoms with Crippen LogP contribution in [0.5, 0.6) is 0 Å². The lowest BCUT2D eigenvalue weighted by Gasteiger charge is -2.06. The van der Waals surface area contributed by atoms with Crippen LogP contribution in [0.4, 0.5) is 10.2 Å². The number of aromatic nitrogens is 2. The van der Waals surface area contributed by atoms with Gasteiger partial charge in [-0.05, 0) is 12.1 Å². The number of hydrogen-bond acceptors (Lipinski definition) is 5. The summed E-state index contributed by atoms with van der Waals surface area (Å²) in [5.74, 6) is -2.25. The molecule has 0 aliphatic heterocycles. The maximum Gasteiger partial charge on any atom is 0.339 e. The van der Waals surface area contributed by atoms with Crippen LogP contribution >= 0.6 is 11.8 Å². The molecule has 2 aromatic rings. The minimum absolute atomic E-state index is 0.000437. The molecular formula is C11H8FN3O3S. The number of aromatic carboxylic acids is 1. The Morgan fingerprint density at radius 1 is 1.47 bits per heavy atom. The quantitative estimate of drug-likeness (QED) is 0.732. The highest BCUT2D eigenvalue weighted by molar-refractivity contribution is 7.99. The minimum atomic E-state index is -1.40. The zero-order chi connectivity index (χ0) is 14.0. The standard InChI is InChI=1S/C11H8FN3O3S/c12-5-2-1-3-6(9(5)10(17)18)19-11-14-7(13)4-8(16)15-11/h1-4H,(H,17,18)(H3,13,14,15,16). The van der Waals surface area contributed by atoms with Gasteiger partial charge in [-0.25, -0.2) is 14.2 Å². The van der Waals surface area contributed by atoms with Crippen molar-refractivity contribution in [3.8, 4) is 0 Å². The van der Waals surface area contributed by atoms with Gasteiger partial charge in [-0.15, -0.1) is 0 Å². The van der Waals surface area contributed by atoms with Gasteiger partial charge in [0, 0.05) is 11.0 Å². The van der Waals surface area contributed by atoms with Gasteiger partial charge in [-0.1, -0.05) is 17.8 Å². The Balaban J connectivity index is 2.46. The zero-order valence-corrected chi connectivity index (χ0v) is 10.2. The number of rotatable bonds is 3. The number of nitrogen functional groups attached to an aromatic ring is 1. The average Bonchev–Trinajstić information content (AvgIpc) is 2.26. The Morgan fingerprint density at radius 2 is 2.21 bits per heavy atom. The van der Waals surface area contributed by atoms with Gasteiger partial charge in [0.1, 0.15) is 17.2 Å². The first kappa shape index (κ1) is 13.1. The summed E-state index contributed by atoms with van der Waals surface area (Å²) in [6.45, 7) is 0. The molecule has 0 saturated heterocycles. The first-order chi connectivity index (χ1) is 8.97. The normalized spacial score (nSPS) is 10.4. The fourth-order valence-corrected chi connectivity index (χ4v) is 2.35. The summed E-state index contributed by atoms with van der Waals surface area (Å²) >= 11 is 0.818. The van der Waals surface area contributed by atoms with Crippen molar-refractivity contribution in [3.63, 3.8) is 0 Å². The topological polar surface area (TPSA) is 109 Å². The molecule has 0 fully saturated rings. The lowest BCUT2D eigenvalue weighted by Crippen LogP contribution is -2.10. The molecule has 0 unspecified atom stereocenters. The molecule has 2 rings (SSSR count). The minimum Gasteiger partial charge on any atom is -0.478 e. The van der Waals surface area contributed by atoms with Crippen molar-refractivity contribution in [2.24, 2.45) is 0 Å². The van der Waals surface area contributed by atoms with Crippen LogP contribution in [0.3, 0.4) is 0 Å². The summed E-state index contributed by atoms with van der Waals surface area (Å²) in [5, 5.41) is 9.06. The molecule has 4 N–H and O–H groups in total. The molecule has 98 valence electrons. The van der Waals surface area contributed by atoms with Gasteiger partial charge in [-0.2, -0.15) is 0 Å². The molecule has 0 saturated carbocycles. The molecule has 19 heavy (non-hydrogen) atoms. The molecule has 1 heterocycles. The van der Waals surface area contributed by atoms with E-state index in [1.807, 2.05) is 0 Å². The van der Waals surface area contributed by atoms with Gasteiger partial charge in [0.15, 0.2) is 5.16 Å². The number of H-pyrrole nitrogens is 1. The predicted molar refractivity (Wildman–Crippen MR) is 66.8 cm³/mol. The van der Waals surface area contributed by atoms with Gasteiger partial charge >= 0.3 is 5.97 Å². The van der Waals surface area contributed by atoms with Crippen LogP contribution in [0.2, 0.25) is 0 Å². The Hall–Kier alpha value is -2.35. The molecule has 0 bridgehead atoms. The molecule has 0 amide bonds. The van der Waals surface area contributed by atoms with E-state index in [0.717, 1.165) is 23.9 Å². The van der Waals surface area contributed by atoms with Gasteiger partial charge in [0.2, 0.25) is 0 Å². The lowest BCUT2D eigenvalue weighted by molar-refractivity contribution is 0.0688. The molecule has 8 heteroatoms. The third kappa shape index (κ3) is 2.91. The monoisotopic (exact) mass is 281 g/mol. The fourth-order valence-electron chi connectivity index (χ4n) is 1.40. The van der Waals surface area contributed by atoms with Crippen molar-refractivity contribution in [2.75, 3.05) is 5.73 Å². The lowest BCUT2D eigenvalue weighted by atomic mass is 10.2. The first-order valence-electron chi connectivity index (χ1n) is 5.04. The van der Waals surface area contributed by atoms with Crippen LogP contribution in [0.25, 0.3) is 0 Å². The number of benzene rings is 1. The van der Waals surface area contributed by atoms with Crippen LogP contribution < -0.4 is 11.3 Å². The van der Waals surface area contributed by atoms with Crippen molar-refractivity contribution in [3.05, 3.63) is 46.0 Å². The molecule has 0 radical (unpaired) electrons. The molecule has 6 nitrogen and oxygen atoms in total. The van der Waals surface area contributed by atoms with E-state index in [9.17, 15) is 14.0 Å². The Labute approximate surface area is 110 Å². The van der Waals surface area contributed by atoms with Crippen molar-refractivity contribution in [1.82, 2.24) is 9.97 Å². The van der Waals surface area contributed by atoms with Gasteiger partial charge < -0.3 is 15.8 Å². The van der Waals surface area contributed by atoms with Gasteiger partial charge in [0.25, 0.3) is 5.56 Å². The number of hydrogen-bond donors (Lipinski definition) is 3. The number of nitrogens with zero attached hydrogens (tertiary/aromatic N) is 1. The van der Waals surface area contributed by atoms with E-state index in [0.29, 0.717) is 0 Å². The molecule has 0 spiro atoms.